The quantitative estimate of drug-likeness (QED) is 0.798. The van der Waals surface area contributed by atoms with Crippen molar-refractivity contribution in [3.05, 3.63) is 59.7 Å². The molecule has 0 aliphatic carbocycles. The van der Waals surface area contributed by atoms with Gasteiger partial charge in [-0.2, -0.15) is 0 Å². The first-order valence-electron chi connectivity index (χ1n) is 8.60. The van der Waals surface area contributed by atoms with Crippen LogP contribution in [0.5, 0.6) is 11.5 Å². The zero-order chi connectivity index (χ0) is 16.8. The lowest BCUT2D eigenvalue weighted by molar-refractivity contribution is 0.0154. The molecule has 0 saturated carbocycles. The van der Waals surface area contributed by atoms with Crippen molar-refractivity contribution in [2.45, 2.75) is 19.3 Å². The Morgan fingerprint density at radius 1 is 0.750 bits per heavy atom. The van der Waals surface area contributed by atoms with Crippen molar-refractivity contribution in [2.24, 2.45) is 11.8 Å². The van der Waals surface area contributed by atoms with Crippen molar-refractivity contribution in [2.75, 3.05) is 27.4 Å². The molecule has 0 aromatic heterocycles. The van der Waals surface area contributed by atoms with Crippen molar-refractivity contribution < 1.29 is 14.2 Å². The number of benzene rings is 2. The van der Waals surface area contributed by atoms with E-state index in [9.17, 15) is 0 Å². The molecule has 3 nitrogen and oxygen atoms in total. The monoisotopic (exact) mass is 326 g/mol. The van der Waals surface area contributed by atoms with Gasteiger partial charge in [-0.25, -0.2) is 0 Å². The minimum atomic E-state index is 0.593. The number of hydrogen-bond donors (Lipinski definition) is 0. The molecule has 0 spiro atoms. The molecular weight excluding hydrogens is 300 g/mol. The Morgan fingerprint density at radius 3 is 1.54 bits per heavy atom. The van der Waals surface area contributed by atoms with Gasteiger partial charge in [0.2, 0.25) is 0 Å². The van der Waals surface area contributed by atoms with Gasteiger partial charge in [0.25, 0.3) is 0 Å². The maximum atomic E-state index is 5.88. The predicted octanol–water partition coefficient (Wildman–Crippen LogP) is 4.14. The van der Waals surface area contributed by atoms with Crippen molar-refractivity contribution in [3.63, 3.8) is 0 Å². The standard InChI is InChI=1S/C21H26O3/c1-22-20-7-3-16(4-8-20)11-18-13-19(15-24-14-18)12-17-5-9-21(23-2)10-6-17/h3-10,18-19H,11-15H2,1-2H3. The molecule has 1 aliphatic rings. The third kappa shape index (κ3) is 4.51. The second kappa shape index (κ2) is 8.20. The summed E-state index contributed by atoms with van der Waals surface area (Å²) in [6.07, 6.45) is 3.37. The summed E-state index contributed by atoms with van der Waals surface area (Å²) in [5.41, 5.74) is 2.71. The lowest BCUT2D eigenvalue weighted by atomic mass is 9.85. The normalized spacial score (nSPS) is 20.6. The first kappa shape index (κ1) is 16.8. The fourth-order valence-electron chi connectivity index (χ4n) is 3.48. The third-order valence-electron chi connectivity index (χ3n) is 4.74. The summed E-state index contributed by atoms with van der Waals surface area (Å²) >= 11 is 0. The Hall–Kier alpha value is -2.00. The van der Waals surface area contributed by atoms with Gasteiger partial charge in [-0.3, -0.25) is 0 Å². The zero-order valence-corrected chi connectivity index (χ0v) is 14.5. The van der Waals surface area contributed by atoms with Crippen molar-refractivity contribution >= 4 is 0 Å². The van der Waals surface area contributed by atoms with Crippen LogP contribution in [-0.4, -0.2) is 27.4 Å². The average molecular weight is 326 g/mol. The highest BCUT2D eigenvalue weighted by Gasteiger charge is 2.23. The Morgan fingerprint density at radius 2 is 1.17 bits per heavy atom. The summed E-state index contributed by atoms with van der Waals surface area (Å²) in [5.74, 6) is 3.01. The van der Waals surface area contributed by atoms with Crippen LogP contribution in [0.1, 0.15) is 17.5 Å². The third-order valence-corrected chi connectivity index (χ3v) is 4.74. The van der Waals surface area contributed by atoms with Gasteiger partial charge in [0.1, 0.15) is 11.5 Å². The molecule has 1 saturated heterocycles. The summed E-state index contributed by atoms with van der Waals surface area (Å²) in [5, 5.41) is 0. The highest BCUT2D eigenvalue weighted by atomic mass is 16.5. The van der Waals surface area contributed by atoms with Crippen LogP contribution in [0.3, 0.4) is 0 Å². The minimum absolute atomic E-state index is 0.593. The van der Waals surface area contributed by atoms with Crippen LogP contribution >= 0.6 is 0 Å². The topological polar surface area (TPSA) is 27.7 Å². The molecule has 24 heavy (non-hydrogen) atoms. The van der Waals surface area contributed by atoms with Gasteiger partial charge in [-0.15, -0.1) is 0 Å². The lowest BCUT2D eigenvalue weighted by Crippen LogP contribution is -2.28. The fourth-order valence-corrected chi connectivity index (χ4v) is 3.48. The molecule has 3 heteroatoms. The van der Waals surface area contributed by atoms with Gasteiger partial charge >= 0.3 is 0 Å². The molecule has 128 valence electrons. The second-order valence-electron chi connectivity index (χ2n) is 6.61. The average Bonchev–Trinajstić information content (AvgIpc) is 2.63. The first-order valence-corrected chi connectivity index (χ1v) is 8.60. The van der Waals surface area contributed by atoms with Crippen LogP contribution in [0.25, 0.3) is 0 Å². The van der Waals surface area contributed by atoms with Crippen LogP contribution in [-0.2, 0) is 17.6 Å². The van der Waals surface area contributed by atoms with Gasteiger partial charge in [0.15, 0.2) is 0 Å². The molecular formula is C21H26O3. The van der Waals surface area contributed by atoms with Gasteiger partial charge in [-0.05, 0) is 66.5 Å². The van der Waals surface area contributed by atoms with E-state index in [0.29, 0.717) is 11.8 Å². The molecule has 2 aromatic carbocycles. The summed E-state index contributed by atoms with van der Waals surface area (Å²) < 4.78 is 16.3. The molecule has 3 rings (SSSR count). The zero-order valence-electron chi connectivity index (χ0n) is 14.5. The molecule has 0 amide bonds. The molecule has 0 radical (unpaired) electrons. The largest absolute Gasteiger partial charge is 0.497 e. The number of methoxy groups -OCH3 is 2. The second-order valence-corrected chi connectivity index (χ2v) is 6.61. The number of rotatable bonds is 6. The van der Waals surface area contributed by atoms with E-state index in [1.807, 2.05) is 24.3 Å². The maximum Gasteiger partial charge on any atom is 0.118 e. The molecule has 2 unspecified atom stereocenters. The van der Waals surface area contributed by atoms with Crippen LogP contribution in [0.15, 0.2) is 48.5 Å². The molecule has 1 aliphatic heterocycles. The lowest BCUT2D eigenvalue weighted by Gasteiger charge is -2.29. The van der Waals surface area contributed by atoms with Crippen molar-refractivity contribution in [3.8, 4) is 11.5 Å². The fraction of sp³-hybridized carbons (Fsp3) is 0.429. The summed E-state index contributed by atoms with van der Waals surface area (Å²) in [4.78, 5) is 0. The van der Waals surface area contributed by atoms with E-state index in [1.54, 1.807) is 14.2 Å². The molecule has 1 heterocycles. The van der Waals surface area contributed by atoms with Crippen molar-refractivity contribution in [1.82, 2.24) is 0 Å². The van der Waals surface area contributed by atoms with E-state index in [-0.39, 0.29) is 0 Å². The van der Waals surface area contributed by atoms with E-state index in [0.717, 1.165) is 37.6 Å². The Balaban J connectivity index is 1.54. The van der Waals surface area contributed by atoms with Crippen LogP contribution in [0, 0.1) is 11.8 Å². The Kier molecular flexibility index (Phi) is 5.76. The van der Waals surface area contributed by atoms with E-state index in [2.05, 4.69) is 24.3 Å². The van der Waals surface area contributed by atoms with Crippen LogP contribution in [0.2, 0.25) is 0 Å². The molecule has 2 atom stereocenters. The van der Waals surface area contributed by atoms with E-state index >= 15 is 0 Å². The number of ether oxygens (including phenoxy) is 3. The minimum Gasteiger partial charge on any atom is -0.497 e. The molecule has 1 fully saturated rings. The van der Waals surface area contributed by atoms with Crippen molar-refractivity contribution in [1.29, 1.82) is 0 Å². The van der Waals surface area contributed by atoms with Gasteiger partial charge < -0.3 is 14.2 Å². The predicted molar refractivity (Wildman–Crippen MR) is 95.8 cm³/mol. The Bertz CT molecular complexity index is 563. The van der Waals surface area contributed by atoms with Crippen LogP contribution in [0.4, 0.5) is 0 Å². The van der Waals surface area contributed by atoms with Gasteiger partial charge in [-0.1, -0.05) is 24.3 Å². The van der Waals surface area contributed by atoms with Gasteiger partial charge in [0, 0.05) is 13.2 Å². The SMILES string of the molecule is COc1ccc(CC2COCC(Cc3ccc(OC)cc3)C2)cc1. The molecule has 2 aromatic rings. The highest BCUT2D eigenvalue weighted by molar-refractivity contribution is 5.28. The smallest absolute Gasteiger partial charge is 0.118 e. The Labute approximate surface area is 144 Å². The summed E-state index contributed by atoms with van der Waals surface area (Å²) in [7, 11) is 3.40. The number of hydrogen-bond acceptors (Lipinski definition) is 3. The van der Waals surface area contributed by atoms with E-state index in [1.165, 1.54) is 17.5 Å². The van der Waals surface area contributed by atoms with Gasteiger partial charge in [0.05, 0.1) is 14.2 Å². The molecule has 0 bridgehead atoms. The summed E-state index contributed by atoms with van der Waals surface area (Å²) in [6, 6.07) is 16.8. The van der Waals surface area contributed by atoms with E-state index < -0.39 is 0 Å². The maximum absolute atomic E-state index is 5.88. The molecule has 0 N–H and O–H groups in total. The first-order chi connectivity index (χ1) is 11.8. The van der Waals surface area contributed by atoms with Crippen LogP contribution < -0.4 is 9.47 Å². The van der Waals surface area contributed by atoms with E-state index in [4.69, 9.17) is 14.2 Å². The summed E-state index contributed by atoms with van der Waals surface area (Å²) in [6.45, 7) is 1.73. The highest BCUT2D eigenvalue weighted by Crippen LogP contribution is 2.27.